The Kier molecular flexibility index (Phi) is 5.80. The number of aromatic nitrogens is 3. The van der Waals surface area contributed by atoms with E-state index >= 15 is 0 Å². The molecular formula is C25H27N3O4S. The van der Waals surface area contributed by atoms with Crippen LogP contribution in [0, 0.1) is 18.6 Å². The summed E-state index contributed by atoms with van der Waals surface area (Å²) >= 11 is 5.68. The fourth-order valence-corrected chi connectivity index (χ4v) is 4.80. The van der Waals surface area contributed by atoms with Gasteiger partial charge in [-0.15, -0.1) is 0 Å². The van der Waals surface area contributed by atoms with Crippen LogP contribution in [0.5, 0.6) is 11.5 Å². The van der Waals surface area contributed by atoms with E-state index in [-0.39, 0.29) is 18.0 Å². The number of imidazole rings is 1. The summed E-state index contributed by atoms with van der Waals surface area (Å²) in [4.78, 5) is 14.6. The van der Waals surface area contributed by atoms with Gasteiger partial charge in [0.1, 0.15) is 18.0 Å². The van der Waals surface area contributed by atoms with Gasteiger partial charge in [-0.2, -0.15) is 0 Å². The number of aliphatic carboxylic acids is 1. The van der Waals surface area contributed by atoms with E-state index in [2.05, 4.69) is 4.98 Å². The smallest absolute Gasteiger partial charge is 0.323 e. The van der Waals surface area contributed by atoms with Gasteiger partial charge in [0, 0.05) is 39.6 Å². The molecule has 0 saturated heterocycles. The topological polar surface area (TPSA) is 103 Å². The molecule has 172 valence electrons. The maximum absolute atomic E-state index is 11.4. The molecule has 0 amide bonds. The molecule has 0 fully saturated rings. The Hall–Kier alpha value is -3.52. The molecule has 4 rings (SSSR count). The van der Waals surface area contributed by atoms with Crippen LogP contribution in [0.3, 0.4) is 0 Å². The van der Waals surface area contributed by atoms with Crippen molar-refractivity contribution in [1.82, 2.24) is 14.1 Å². The van der Waals surface area contributed by atoms with E-state index in [0.717, 1.165) is 44.8 Å². The van der Waals surface area contributed by atoms with Gasteiger partial charge in [0.2, 0.25) is 0 Å². The quantitative estimate of drug-likeness (QED) is 0.286. The van der Waals surface area contributed by atoms with E-state index in [1.165, 1.54) is 6.07 Å². The third kappa shape index (κ3) is 3.70. The van der Waals surface area contributed by atoms with Crippen molar-refractivity contribution in [2.45, 2.75) is 47.1 Å². The average Bonchev–Trinajstić information content (AvgIpc) is 3.22. The highest BCUT2D eigenvalue weighted by atomic mass is 32.1. The Morgan fingerprint density at radius 2 is 1.79 bits per heavy atom. The Balaban J connectivity index is 2.00. The molecule has 0 spiro atoms. The monoisotopic (exact) mass is 465 g/mol. The highest BCUT2D eigenvalue weighted by molar-refractivity contribution is 7.71. The number of nitrogens with zero attached hydrogens (tertiary/aromatic N) is 2. The van der Waals surface area contributed by atoms with Crippen LogP contribution in [0.1, 0.15) is 36.4 Å². The molecule has 0 bridgehead atoms. The number of carboxylic acids is 1. The number of H-pyrrole nitrogens is 1. The number of carboxylic acid groups (broad SMARTS) is 1. The normalized spacial score (nSPS) is 11.4. The zero-order valence-corrected chi connectivity index (χ0v) is 19.9. The van der Waals surface area contributed by atoms with Gasteiger partial charge in [0.15, 0.2) is 4.77 Å². The van der Waals surface area contributed by atoms with Gasteiger partial charge in [-0.3, -0.25) is 9.36 Å². The number of aryl methyl sites for hydroxylation is 3. The molecule has 2 aromatic carbocycles. The van der Waals surface area contributed by atoms with Gasteiger partial charge in [-0.25, -0.2) is 0 Å². The number of hydrogen-bond donors (Lipinski definition) is 4. The predicted octanol–water partition coefficient (Wildman–Crippen LogP) is 5.39. The van der Waals surface area contributed by atoms with Crippen molar-refractivity contribution in [1.29, 1.82) is 0 Å². The molecule has 0 aliphatic heterocycles. The zero-order chi connectivity index (χ0) is 24.0. The van der Waals surface area contributed by atoms with Crippen LogP contribution in [-0.4, -0.2) is 35.4 Å². The number of hydrogen-bond acceptors (Lipinski definition) is 4. The van der Waals surface area contributed by atoms with Gasteiger partial charge in [0.25, 0.3) is 0 Å². The minimum absolute atomic E-state index is 0.0251. The van der Waals surface area contributed by atoms with Crippen molar-refractivity contribution in [2.75, 3.05) is 0 Å². The zero-order valence-electron chi connectivity index (χ0n) is 19.1. The number of benzene rings is 2. The summed E-state index contributed by atoms with van der Waals surface area (Å²) in [6.07, 6.45) is 1.29. The van der Waals surface area contributed by atoms with Crippen molar-refractivity contribution < 1.29 is 20.1 Å². The molecule has 2 heterocycles. The van der Waals surface area contributed by atoms with Gasteiger partial charge in [0.05, 0.1) is 5.69 Å². The number of nitrogens with one attached hydrogen (secondary N) is 1. The third-order valence-electron chi connectivity index (χ3n) is 6.33. The minimum Gasteiger partial charge on any atom is -0.508 e. The van der Waals surface area contributed by atoms with Crippen LogP contribution in [0.15, 0.2) is 30.3 Å². The molecule has 0 unspecified atom stereocenters. The molecule has 0 aliphatic carbocycles. The highest BCUT2D eigenvalue weighted by Crippen LogP contribution is 2.39. The fraction of sp³-hybridized carbons (Fsp3) is 0.280. The summed E-state index contributed by atoms with van der Waals surface area (Å²) in [6, 6.07) is 8.99. The van der Waals surface area contributed by atoms with Crippen LogP contribution in [0.4, 0.5) is 0 Å². The molecule has 0 radical (unpaired) electrons. The van der Waals surface area contributed by atoms with E-state index in [1.807, 2.05) is 50.5 Å². The lowest BCUT2D eigenvalue weighted by Gasteiger charge is -2.14. The molecule has 0 atom stereocenters. The van der Waals surface area contributed by atoms with E-state index in [9.17, 15) is 20.1 Å². The molecule has 33 heavy (non-hydrogen) atoms. The summed E-state index contributed by atoms with van der Waals surface area (Å²) in [7, 11) is 0. The van der Waals surface area contributed by atoms with Gasteiger partial charge in [-0.1, -0.05) is 13.8 Å². The lowest BCUT2D eigenvalue weighted by atomic mass is 10.0. The van der Waals surface area contributed by atoms with Crippen molar-refractivity contribution in [3.8, 4) is 28.4 Å². The maximum atomic E-state index is 11.4. The average molecular weight is 466 g/mol. The number of carbonyl (C=O) groups is 1. The van der Waals surface area contributed by atoms with E-state index in [1.54, 1.807) is 10.6 Å². The third-order valence-corrected chi connectivity index (χ3v) is 6.62. The van der Waals surface area contributed by atoms with Crippen LogP contribution in [0.25, 0.3) is 27.8 Å². The second-order valence-electron chi connectivity index (χ2n) is 8.19. The lowest BCUT2D eigenvalue weighted by molar-refractivity contribution is -0.137. The molecule has 7 nitrogen and oxygen atoms in total. The molecule has 0 saturated carbocycles. The molecule has 2 aromatic heterocycles. The number of fused-ring (bicyclic) bond motifs is 1. The Morgan fingerprint density at radius 1 is 1.06 bits per heavy atom. The Labute approximate surface area is 196 Å². The Morgan fingerprint density at radius 3 is 2.42 bits per heavy atom. The van der Waals surface area contributed by atoms with Crippen molar-refractivity contribution in [3.63, 3.8) is 0 Å². The highest BCUT2D eigenvalue weighted by Gasteiger charge is 2.21. The SMILES string of the molecule is CCc1cc(-c2c(CC)[nH]c(=S)n2-c2ccc3c(c2)c(C)c(C)n3CC(=O)O)c(O)cc1O. The van der Waals surface area contributed by atoms with Gasteiger partial charge in [-0.05, 0) is 74.3 Å². The van der Waals surface area contributed by atoms with Crippen LogP contribution < -0.4 is 0 Å². The fourth-order valence-electron chi connectivity index (χ4n) is 4.48. The Bertz CT molecular complexity index is 1460. The van der Waals surface area contributed by atoms with Gasteiger partial charge >= 0.3 is 5.97 Å². The van der Waals surface area contributed by atoms with Crippen molar-refractivity contribution in [2.24, 2.45) is 0 Å². The number of aromatic hydroxyl groups is 2. The summed E-state index contributed by atoms with van der Waals surface area (Å²) in [6.45, 7) is 7.75. The predicted molar refractivity (Wildman–Crippen MR) is 131 cm³/mol. The number of phenols is 2. The van der Waals surface area contributed by atoms with E-state index < -0.39 is 5.97 Å². The molecule has 0 aliphatic rings. The second kappa shape index (κ2) is 8.44. The first-order chi connectivity index (χ1) is 15.7. The second-order valence-corrected chi connectivity index (χ2v) is 8.58. The molecular weight excluding hydrogens is 438 g/mol. The number of aromatic amines is 1. The van der Waals surface area contributed by atoms with Crippen molar-refractivity contribution in [3.05, 3.63) is 57.6 Å². The molecule has 4 N–H and O–H groups in total. The van der Waals surface area contributed by atoms with Crippen LogP contribution >= 0.6 is 12.2 Å². The van der Waals surface area contributed by atoms with Crippen LogP contribution in [-0.2, 0) is 24.2 Å². The number of phenolic OH excluding ortho intramolecular Hbond substituents is 2. The first-order valence-electron chi connectivity index (χ1n) is 10.9. The molecule has 4 aromatic rings. The maximum Gasteiger partial charge on any atom is 0.323 e. The van der Waals surface area contributed by atoms with Crippen molar-refractivity contribution >= 4 is 29.1 Å². The summed E-state index contributed by atoms with van der Waals surface area (Å²) < 4.78 is 4.18. The first kappa shape index (κ1) is 22.7. The standard InChI is InChI=1S/C25H27N3O4S/c1-5-15-9-18(22(30)11-21(15)29)24-19(6-2)26-25(33)28(24)16-7-8-20-17(10-16)13(3)14(4)27(20)12-23(31)32/h7-11,29-30H,5-6,12H2,1-4H3,(H,26,33)(H,31,32). The lowest BCUT2D eigenvalue weighted by Crippen LogP contribution is -2.10. The minimum atomic E-state index is -0.892. The first-order valence-corrected chi connectivity index (χ1v) is 11.3. The summed E-state index contributed by atoms with van der Waals surface area (Å²) in [5.74, 6) is -0.857. The summed E-state index contributed by atoms with van der Waals surface area (Å²) in [5.41, 5.74) is 6.50. The van der Waals surface area contributed by atoms with Crippen LogP contribution in [0.2, 0.25) is 0 Å². The van der Waals surface area contributed by atoms with Gasteiger partial charge < -0.3 is 24.9 Å². The van der Waals surface area contributed by atoms with E-state index in [4.69, 9.17) is 12.2 Å². The summed E-state index contributed by atoms with van der Waals surface area (Å²) in [5, 5.41) is 31.2. The number of rotatable bonds is 6. The molecule has 8 heteroatoms. The largest absolute Gasteiger partial charge is 0.508 e. The van der Waals surface area contributed by atoms with E-state index in [0.29, 0.717) is 23.2 Å².